The highest BCUT2D eigenvalue weighted by atomic mass is 127. The summed E-state index contributed by atoms with van der Waals surface area (Å²) in [7, 11) is 0. The van der Waals surface area contributed by atoms with Crippen molar-refractivity contribution in [2.24, 2.45) is 0 Å². The summed E-state index contributed by atoms with van der Waals surface area (Å²) >= 11 is 2.27. The molecule has 0 saturated heterocycles. The third-order valence-corrected chi connectivity index (χ3v) is 1.27. The molecule has 0 bridgehead atoms. The van der Waals surface area contributed by atoms with Crippen LogP contribution in [0.5, 0.6) is 0 Å². The maximum atomic E-state index is 5.20. The monoisotopic (exact) mass is 244 g/mol. The van der Waals surface area contributed by atoms with Gasteiger partial charge in [-0.2, -0.15) is 0 Å². The van der Waals surface area contributed by atoms with Crippen molar-refractivity contribution in [3.05, 3.63) is 0 Å². The van der Waals surface area contributed by atoms with E-state index < -0.39 is 0 Å². The lowest BCUT2D eigenvalue weighted by Crippen LogP contribution is -2.13. The fourth-order valence-electron chi connectivity index (χ4n) is 0.493. The van der Waals surface area contributed by atoms with Crippen molar-refractivity contribution in [2.45, 2.75) is 20.1 Å². The molecule has 0 rings (SSSR count). The van der Waals surface area contributed by atoms with Crippen molar-refractivity contribution in [3.63, 3.8) is 0 Å². The molecule has 0 radical (unpaired) electrons. The molecular formula is C6H13IO2. The number of alkyl halides is 1. The average Bonchev–Trinajstić information content (AvgIpc) is 1.85. The Bertz CT molecular complexity index is 59.0. The largest absolute Gasteiger partial charge is 0.353 e. The average molecular weight is 244 g/mol. The molecule has 0 amide bonds. The molecule has 2 nitrogen and oxygen atoms in total. The van der Waals surface area contributed by atoms with E-state index in [1.54, 1.807) is 0 Å². The topological polar surface area (TPSA) is 18.5 Å². The van der Waals surface area contributed by atoms with Crippen molar-refractivity contribution in [2.75, 3.05) is 17.6 Å². The third-order valence-electron chi connectivity index (χ3n) is 0.831. The van der Waals surface area contributed by atoms with Gasteiger partial charge in [-0.1, -0.05) is 22.6 Å². The van der Waals surface area contributed by atoms with Crippen LogP contribution in [0.2, 0.25) is 0 Å². The van der Waals surface area contributed by atoms with Crippen LogP contribution in [-0.2, 0) is 9.47 Å². The molecule has 9 heavy (non-hydrogen) atoms. The van der Waals surface area contributed by atoms with Crippen LogP contribution < -0.4 is 0 Å². The lowest BCUT2D eigenvalue weighted by molar-refractivity contribution is -0.122. The Kier molecular flexibility index (Phi) is 7.25. The lowest BCUT2D eigenvalue weighted by Gasteiger charge is -2.10. The maximum Gasteiger partial charge on any atom is 0.154 e. The second-order valence-electron chi connectivity index (χ2n) is 1.58. The van der Waals surface area contributed by atoms with Gasteiger partial charge in [-0.15, -0.1) is 0 Å². The number of hydrogen-bond donors (Lipinski definition) is 0. The van der Waals surface area contributed by atoms with E-state index in [4.69, 9.17) is 9.47 Å². The predicted octanol–water partition coefficient (Wildman–Crippen LogP) is 1.82. The van der Waals surface area contributed by atoms with Crippen LogP contribution in [0.4, 0.5) is 0 Å². The Morgan fingerprint density at radius 3 is 2.56 bits per heavy atom. The van der Waals surface area contributed by atoms with Crippen LogP contribution in [0.25, 0.3) is 0 Å². The smallest absolute Gasteiger partial charge is 0.154 e. The summed E-state index contributed by atoms with van der Waals surface area (Å²) in [5.74, 6) is 0. The lowest BCUT2D eigenvalue weighted by atomic mass is 10.7. The van der Waals surface area contributed by atoms with Gasteiger partial charge in [-0.05, 0) is 13.8 Å². The SMILES string of the molecule is CCOC(C)OCCI. The van der Waals surface area contributed by atoms with Gasteiger partial charge in [0.1, 0.15) is 0 Å². The summed E-state index contributed by atoms with van der Waals surface area (Å²) < 4.78 is 11.3. The van der Waals surface area contributed by atoms with Gasteiger partial charge in [-0.25, -0.2) is 0 Å². The van der Waals surface area contributed by atoms with Gasteiger partial charge in [0.15, 0.2) is 6.29 Å². The highest BCUT2D eigenvalue weighted by Gasteiger charge is 1.96. The van der Waals surface area contributed by atoms with Crippen LogP contribution in [0, 0.1) is 0 Å². The van der Waals surface area contributed by atoms with Gasteiger partial charge < -0.3 is 9.47 Å². The molecule has 0 aromatic heterocycles. The van der Waals surface area contributed by atoms with Gasteiger partial charge in [0, 0.05) is 11.0 Å². The van der Waals surface area contributed by atoms with Crippen molar-refractivity contribution in [3.8, 4) is 0 Å². The molecule has 3 heteroatoms. The van der Waals surface area contributed by atoms with Crippen molar-refractivity contribution < 1.29 is 9.47 Å². The van der Waals surface area contributed by atoms with Gasteiger partial charge in [0.25, 0.3) is 0 Å². The molecule has 1 unspecified atom stereocenters. The summed E-state index contributed by atoms with van der Waals surface area (Å²) in [6.07, 6.45) is -0.0373. The van der Waals surface area contributed by atoms with Crippen LogP contribution >= 0.6 is 22.6 Å². The molecule has 0 aliphatic heterocycles. The van der Waals surface area contributed by atoms with Crippen molar-refractivity contribution in [1.29, 1.82) is 0 Å². The standard InChI is InChI=1S/C6H13IO2/c1-3-8-6(2)9-5-4-7/h6H,3-5H2,1-2H3. The minimum absolute atomic E-state index is 0.0373. The zero-order chi connectivity index (χ0) is 7.11. The molecule has 0 heterocycles. The Hall–Kier alpha value is 0.650. The van der Waals surface area contributed by atoms with E-state index in [-0.39, 0.29) is 6.29 Å². The van der Waals surface area contributed by atoms with Gasteiger partial charge >= 0.3 is 0 Å². The zero-order valence-corrected chi connectivity index (χ0v) is 8.05. The quantitative estimate of drug-likeness (QED) is 0.417. The molecule has 0 saturated carbocycles. The van der Waals surface area contributed by atoms with E-state index >= 15 is 0 Å². The minimum atomic E-state index is -0.0373. The van der Waals surface area contributed by atoms with Gasteiger partial charge in [0.05, 0.1) is 6.61 Å². The van der Waals surface area contributed by atoms with E-state index in [1.165, 1.54) is 0 Å². The van der Waals surface area contributed by atoms with E-state index in [1.807, 2.05) is 13.8 Å². The van der Waals surface area contributed by atoms with E-state index in [2.05, 4.69) is 22.6 Å². The van der Waals surface area contributed by atoms with Gasteiger partial charge in [0.2, 0.25) is 0 Å². The fraction of sp³-hybridized carbons (Fsp3) is 1.00. The van der Waals surface area contributed by atoms with E-state index in [0.717, 1.165) is 17.6 Å². The second-order valence-corrected chi connectivity index (χ2v) is 2.66. The van der Waals surface area contributed by atoms with E-state index in [0.29, 0.717) is 0 Å². The first kappa shape index (κ1) is 9.65. The predicted molar refractivity (Wildman–Crippen MR) is 45.9 cm³/mol. The van der Waals surface area contributed by atoms with Gasteiger partial charge in [-0.3, -0.25) is 0 Å². The summed E-state index contributed by atoms with van der Waals surface area (Å²) in [6.45, 7) is 5.38. The number of halogens is 1. The Balaban J connectivity index is 2.95. The molecule has 0 aromatic carbocycles. The summed E-state index contributed by atoms with van der Waals surface area (Å²) in [5.41, 5.74) is 0. The molecular weight excluding hydrogens is 231 g/mol. The molecule has 0 N–H and O–H groups in total. The maximum absolute atomic E-state index is 5.20. The van der Waals surface area contributed by atoms with E-state index in [9.17, 15) is 0 Å². The molecule has 1 atom stereocenters. The third kappa shape index (κ3) is 6.54. The van der Waals surface area contributed by atoms with Crippen LogP contribution in [0.1, 0.15) is 13.8 Å². The molecule has 0 aliphatic rings. The van der Waals surface area contributed by atoms with Crippen molar-refractivity contribution in [1.82, 2.24) is 0 Å². The fourth-order valence-corrected chi connectivity index (χ4v) is 0.748. The highest BCUT2D eigenvalue weighted by molar-refractivity contribution is 14.1. The second kappa shape index (κ2) is 6.77. The number of ether oxygens (including phenoxy) is 2. The number of rotatable bonds is 5. The van der Waals surface area contributed by atoms with Crippen LogP contribution in [0.15, 0.2) is 0 Å². The van der Waals surface area contributed by atoms with Crippen LogP contribution in [-0.4, -0.2) is 23.9 Å². The first-order chi connectivity index (χ1) is 4.31. The molecule has 0 aliphatic carbocycles. The minimum Gasteiger partial charge on any atom is -0.353 e. The summed E-state index contributed by atoms with van der Waals surface area (Å²) in [5, 5.41) is 0. The number of hydrogen-bond acceptors (Lipinski definition) is 2. The normalized spacial score (nSPS) is 13.7. The molecule has 56 valence electrons. The Morgan fingerprint density at radius 2 is 2.11 bits per heavy atom. The van der Waals surface area contributed by atoms with Crippen LogP contribution in [0.3, 0.4) is 0 Å². The Labute approximate surface area is 70.1 Å². The summed E-state index contributed by atoms with van der Waals surface area (Å²) in [4.78, 5) is 0. The first-order valence-corrected chi connectivity index (χ1v) is 4.63. The Morgan fingerprint density at radius 1 is 1.44 bits per heavy atom. The zero-order valence-electron chi connectivity index (χ0n) is 5.89. The molecule has 0 spiro atoms. The molecule has 0 fully saturated rings. The van der Waals surface area contributed by atoms with Crippen molar-refractivity contribution >= 4 is 22.6 Å². The molecule has 0 aromatic rings. The highest BCUT2D eigenvalue weighted by Crippen LogP contribution is 1.93. The first-order valence-electron chi connectivity index (χ1n) is 3.10. The summed E-state index contributed by atoms with van der Waals surface area (Å²) in [6, 6.07) is 0.